The first-order chi connectivity index (χ1) is 11.3. The zero-order chi connectivity index (χ0) is 17.6. The second-order valence-electron chi connectivity index (χ2n) is 5.31. The quantitative estimate of drug-likeness (QED) is 0.777. The summed E-state index contributed by atoms with van der Waals surface area (Å²) in [5, 5.41) is 0. The van der Waals surface area contributed by atoms with Crippen LogP contribution in [0.5, 0.6) is 5.75 Å². The van der Waals surface area contributed by atoms with Gasteiger partial charge in [-0.1, -0.05) is 18.2 Å². The van der Waals surface area contributed by atoms with E-state index in [-0.39, 0.29) is 18.2 Å². The zero-order valence-electron chi connectivity index (χ0n) is 13.2. The molecule has 0 fully saturated rings. The summed E-state index contributed by atoms with van der Waals surface area (Å²) in [6.07, 6.45) is 1.30. The minimum Gasteiger partial charge on any atom is -0.405 e. The van der Waals surface area contributed by atoms with Crippen molar-refractivity contribution in [2.45, 2.75) is 32.3 Å². The summed E-state index contributed by atoms with van der Waals surface area (Å²) < 4.78 is 43.1. The minimum absolute atomic E-state index is 0.0517. The fraction of sp³-hybridized carbons (Fsp3) is 0.375. The number of ether oxygens (including phenoxy) is 1. The van der Waals surface area contributed by atoms with Gasteiger partial charge < -0.3 is 14.2 Å². The fourth-order valence-electron chi connectivity index (χ4n) is 2.23. The zero-order valence-corrected chi connectivity index (χ0v) is 13.2. The Morgan fingerprint density at radius 3 is 2.75 bits per heavy atom. The number of aryl methyl sites for hydroxylation is 1. The average molecular weight is 341 g/mol. The Morgan fingerprint density at radius 2 is 2.08 bits per heavy atom. The smallest absolute Gasteiger partial charge is 0.405 e. The van der Waals surface area contributed by atoms with E-state index in [0.29, 0.717) is 24.9 Å². The number of halogens is 3. The maximum Gasteiger partial charge on any atom is 0.573 e. The van der Waals surface area contributed by atoms with E-state index in [4.69, 9.17) is 0 Å². The van der Waals surface area contributed by atoms with Crippen LogP contribution in [0, 0.1) is 0 Å². The molecule has 0 N–H and O–H groups in total. The number of para-hydroxylation sites is 1. The van der Waals surface area contributed by atoms with Crippen LogP contribution in [0.15, 0.2) is 43.0 Å². The number of hydrogen-bond acceptors (Lipinski definition) is 3. The Labute approximate surface area is 137 Å². The number of alkyl halides is 3. The maximum absolute atomic E-state index is 12.4. The molecule has 0 bridgehead atoms. The summed E-state index contributed by atoms with van der Waals surface area (Å²) in [7, 11) is 1.56. The molecule has 1 aromatic carbocycles. The summed E-state index contributed by atoms with van der Waals surface area (Å²) >= 11 is 0. The van der Waals surface area contributed by atoms with Gasteiger partial charge in [0.15, 0.2) is 0 Å². The van der Waals surface area contributed by atoms with Crippen LogP contribution in [-0.2, 0) is 17.9 Å². The van der Waals surface area contributed by atoms with Gasteiger partial charge in [0.25, 0.3) is 0 Å². The lowest BCUT2D eigenvalue weighted by Gasteiger charge is -2.20. The molecule has 0 saturated heterocycles. The predicted molar refractivity (Wildman–Crippen MR) is 81.1 cm³/mol. The molecule has 8 heteroatoms. The Hall–Kier alpha value is -2.51. The maximum atomic E-state index is 12.4. The number of amides is 1. The van der Waals surface area contributed by atoms with Gasteiger partial charge in [0.1, 0.15) is 5.75 Å². The highest BCUT2D eigenvalue weighted by molar-refractivity contribution is 5.75. The molecule has 0 spiro atoms. The first-order valence-corrected chi connectivity index (χ1v) is 7.38. The SMILES string of the molecule is CN(Cc1ccccc1OC(F)(F)F)C(=O)CCCn1ccnc1. The van der Waals surface area contributed by atoms with E-state index in [2.05, 4.69) is 9.72 Å². The van der Waals surface area contributed by atoms with Crippen molar-refractivity contribution in [3.8, 4) is 5.75 Å². The number of carbonyl (C=O) groups excluding carboxylic acids is 1. The van der Waals surface area contributed by atoms with E-state index in [1.54, 1.807) is 31.8 Å². The summed E-state index contributed by atoms with van der Waals surface area (Å²) in [6, 6.07) is 5.81. The summed E-state index contributed by atoms with van der Waals surface area (Å²) in [4.78, 5) is 17.4. The Morgan fingerprint density at radius 1 is 1.33 bits per heavy atom. The molecular formula is C16H18F3N3O2. The lowest BCUT2D eigenvalue weighted by Crippen LogP contribution is -2.27. The molecule has 1 heterocycles. The molecule has 24 heavy (non-hydrogen) atoms. The van der Waals surface area contributed by atoms with Gasteiger partial charge >= 0.3 is 6.36 Å². The predicted octanol–water partition coefficient (Wildman–Crippen LogP) is 3.22. The Balaban J connectivity index is 1.89. The molecule has 1 aromatic heterocycles. The van der Waals surface area contributed by atoms with E-state index in [1.807, 2.05) is 4.57 Å². The normalized spacial score (nSPS) is 11.3. The monoisotopic (exact) mass is 341 g/mol. The van der Waals surface area contributed by atoms with E-state index in [1.165, 1.54) is 23.1 Å². The summed E-state index contributed by atoms with van der Waals surface area (Å²) in [5.41, 5.74) is 0.306. The molecule has 0 aliphatic carbocycles. The molecule has 1 amide bonds. The van der Waals surface area contributed by atoms with Crippen molar-refractivity contribution in [2.24, 2.45) is 0 Å². The lowest BCUT2D eigenvalue weighted by molar-refractivity contribution is -0.275. The second-order valence-corrected chi connectivity index (χ2v) is 5.31. The van der Waals surface area contributed by atoms with Crippen LogP contribution in [0.4, 0.5) is 13.2 Å². The number of nitrogens with zero attached hydrogens (tertiary/aromatic N) is 3. The largest absolute Gasteiger partial charge is 0.573 e. The van der Waals surface area contributed by atoms with Gasteiger partial charge in [-0.3, -0.25) is 4.79 Å². The van der Waals surface area contributed by atoms with Gasteiger partial charge in [-0.05, 0) is 12.5 Å². The van der Waals surface area contributed by atoms with E-state index >= 15 is 0 Å². The van der Waals surface area contributed by atoms with Crippen LogP contribution in [0.1, 0.15) is 18.4 Å². The van der Waals surface area contributed by atoms with Crippen molar-refractivity contribution in [2.75, 3.05) is 7.05 Å². The highest BCUT2D eigenvalue weighted by Gasteiger charge is 2.32. The molecule has 0 unspecified atom stereocenters. The summed E-state index contributed by atoms with van der Waals surface area (Å²) in [6.45, 7) is 0.712. The highest BCUT2D eigenvalue weighted by atomic mass is 19.4. The lowest BCUT2D eigenvalue weighted by atomic mass is 10.2. The highest BCUT2D eigenvalue weighted by Crippen LogP contribution is 2.27. The van der Waals surface area contributed by atoms with E-state index in [9.17, 15) is 18.0 Å². The van der Waals surface area contributed by atoms with Crippen molar-refractivity contribution in [1.29, 1.82) is 0 Å². The molecule has 5 nitrogen and oxygen atoms in total. The average Bonchev–Trinajstić information content (AvgIpc) is 3.01. The number of carbonyl (C=O) groups is 1. The number of rotatable bonds is 7. The molecule has 0 aliphatic heterocycles. The number of aromatic nitrogens is 2. The Bertz CT molecular complexity index is 657. The first-order valence-electron chi connectivity index (χ1n) is 7.38. The standard InChI is InChI=1S/C16H18F3N3O2/c1-21(15(23)7-4-9-22-10-8-20-12-22)11-13-5-2-3-6-14(13)24-16(17,18)19/h2-3,5-6,8,10,12H,4,7,9,11H2,1H3. The van der Waals surface area contributed by atoms with Gasteiger partial charge in [0.2, 0.25) is 5.91 Å². The van der Waals surface area contributed by atoms with Crippen molar-refractivity contribution >= 4 is 5.91 Å². The fourth-order valence-corrected chi connectivity index (χ4v) is 2.23. The number of imidazole rings is 1. The van der Waals surface area contributed by atoms with Gasteiger partial charge in [-0.2, -0.15) is 0 Å². The van der Waals surface area contributed by atoms with Gasteiger partial charge in [0.05, 0.1) is 6.33 Å². The van der Waals surface area contributed by atoms with Crippen LogP contribution >= 0.6 is 0 Å². The number of benzene rings is 1. The topological polar surface area (TPSA) is 47.4 Å². The second kappa shape index (κ2) is 7.85. The van der Waals surface area contributed by atoms with Crippen molar-refractivity contribution < 1.29 is 22.7 Å². The molecule has 0 aliphatic rings. The molecule has 0 saturated carbocycles. The van der Waals surface area contributed by atoms with Crippen LogP contribution in [-0.4, -0.2) is 33.8 Å². The van der Waals surface area contributed by atoms with Gasteiger partial charge in [0, 0.05) is 44.5 Å². The van der Waals surface area contributed by atoms with Crippen molar-refractivity contribution in [3.05, 3.63) is 48.5 Å². The van der Waals surface area contributed by atoms with Crippen LogP contribution in [0.3, 0.4) is 0 Å². The first kappa shape index (κ1) is 17.8. The summed E-state index contributed by atoms with van der Waals surface area (Å²) in [5.74, 6) is -0.431. The third-order valence-electron chi connectivity index (χ3n) is 3.40. The van der Waals surface area contributed by atoms with Crippen LogP contribution in [0.2, 0.25) is 0 Å². The van der Waals surface area contributed by atoms with E-state index < -0.39 is 6.36 Å². The molecule has 0 radical (unpaired) electrons. The molecule has 0 atom stereocenters. The van der Waals surface area contributed by atoms with Crippen molar-refractivity contribution in [3.63, 3.8) is 0 Å². The van der Waals surface area contributed by atoms with Crippen LogP contribution in [0.25, 0.3) is 0 Å². The molecular weight excluding hydrogens is 323 g/mol. The Kier molecular flexibility index (Phi) is 5.83. The third-order valence-corrected chi connectivity index (χ3v) is 3.40. The number of hydrogen-bond donors (Lipinski definition) is 0. The molecule has 2 aromatic rings. The molecule has 2 rings (SSSR count). The third kappa shape index (κ3) is 5.60. The molecule has 130 valence electrons. The van der Waals surface area contributed by atoms with Crippen LogP contribution < -0.4 is 4.74 Å². The van der Waals surface area contributed by atoms with Gasteiger partial charge in [-0.25, -0.2) is 4.98 Å². The van der Waals surface area contributed by atoms with E-state index in [0.717, 1.165) is 0 Å². The minimum atomic E-state index is -4.76. The van der Waals surface area contributed by atoms with Gasteiger partial charge in [-0.15, -0.1) is 13.2 Å². The van der Waals surface area contributed by atoms with Crippen molar-refractivity contribution in [1.82, 2.24) is 14.5 Å².